The van der Waals surface area contributed by atoms with Crippen LogP contribution in [0.4, 0.5) is 0 Å². The van der Waals surface area contributed by atoms with Crippen LogP contribution in [0, 0.1) is 5.92 Å². The Balaban J connectivity index is 2.33. The molecule has 3 heteroatoms. The second kappa shape index (κ2) is 8.28. The Morgan fingerprint density at radius 3 is 2.71 bits per heavy atom. The van der Waals surface area contributed by atoms with Crippen molar-refractivity contribution >= 4 is 27.3 Å². The molecule has 0 fully saturated rings. The fraction of sp³-hybridized carbons (Fsp3) is 0.714. The first kappa shape index (κ1) is 15.2. The van der Waals surface area contributed by atoms with Crippen molar-refractivity contribution in [3.63, 3.8) is 0 Å². The fourth-order valence-corrected chi connectivity index (χ4v) is 3.42. The molecule has 1 aromatic rings. The molecule has 1 nitrogen and oxygen atoms in total. The predicted octanol–water partition coefficient (Wildman–Crippen LogP) is 5.38. The number of hydrogen-bond donors (Lipinski definition) is 1. The van der Waals surface area contributed by atoms with Gasteiger partial charge in [-0.2, -0.15) is 0 Å². The summed E-state index contributed by atoms with van der Waals surface area (Å²) >= 11 is 5.34. The van der Waals surface area contributed by atoms with Gasteiger partial charge in [-0.25, -0.2) is 0 Å². The quantitative estimate of drug-likeness (QED) is 0.679. The van der Waals surface area contributed by atoms with Crippen molar-refractivity contribution in [3.05, 3.63) is 20.8 Å². The molecule has 1 aromatic heterocycles. The van der Waals surface area contributed by atoms with Crippen molar-refractivity contribution in [1.82, 2.24) is 5.32 Å². The van der Waals surface area contributed by atoms with E-state index in [9.17, 15) is 0 Å². The molecular weight excluding hydrogens is 294 g/mol. The SMILES string of the molecule is CCCCC(CC)CNC(C)c1cc(Br)cs1. The van der Waals surface area contributed by atoms with Crippen LogP contribution < -0.4 is 5.32 Å². The first-order valence-electron chi connectivity index (χ1n) is 6.64. The Morgan fingerprint density at radius 2 is 2.18 bits per heavy atom. The summed E-state index contributed by atoms with van der Waals surface area (Å²) in [5.74, 6) is 0.834. The van der Waals surface area contributed by atoms with Crippen LogP contribution in [0.25, 0.3) is 0 Å². The summed E-state index contributed by atoms with van der Waals surface area (Å²) in [6.45, 7) is 7.97. The monoisotopic (exact) mass is 317 g/mol. The maximum Gasteiger partial charge on any atom is 0.0386 e. The highest BCUT2D eigenvalue weighted by atomic mass is 79.9. The third kappa shape index (κ3) is 5.54. The Kier molecular flexibility index (Phi) is 7.40. The molecule has 2 atom stereocenters. The fourth-order valence-electron chi connectivity index (χ4n) is 1.94. The van der Waals surface area contributed by atoms with E-state index < -0.39 is 0 Å². The van der Waals surface area contributed by atoms with Gasteiger partial charge in [0.15, 0.2) is 0 Å². The molecule has 98 valence electrons. The molecule has 1 heterocycles. The Morgan fingerprint density at radius 1 is 1.41 bits per heavy atom. The average Bonchev–Trinajstić information content (AvgIpc) is 2.76. The number of nitrogens with one attached hydrogen (secondary N) is 1. The highest BCUT2D eigenvalue weighted by molar-refractivity contribution is 9.10. The van der Waals surface area contributed by atoms with Gasteiger partial charge in [0.05, 0.1) is 0 Å². The van der Waals surface area contributed by atoms with Crippen LogP contribution in [0.3, 0.4) is 0 Å². The summed E-state index contributed by atoms with van der Waals surface area (Å²) in [5, 5.41) is 5.82. The second-order valence-corrected chi connectivity index (χ2v) is 6.57. The average molecular weight is 318 g/mol. The summed E-state index contributed by atoms with van der Waals surface area (Å²) in [5.41, 5.74) is 0. The van der Waals surface area contributed by atoms with Crippen LogP contribution in [-0.4, -0.2) is 6.54 Å². The van der Waals surface area contributed by atoms with Crippen LogP contribution in [-0.2, 0) is 0 Å². The molecule has 0 aliphatic carbocycles. The van der Waals surface area contributed by atoms with Crippen LogP contribution in [0.5, 0.6) is 0 Å². The van der Waals surface area contributed by atoms with Gasteiger partial charge in [-0.15, -0.1) is 11.3 Å². The minimum atomic E-state index is 0.474. The molecule has 0 aliphatic rings. The van der Waals surface area contributed by atoms with Crippen molar-refractivity contribution in [2.45, 2.75) is 52.5 Å². The lowest BCUT2D eigenvalue weighted by Crippen LogP contribution is -2.25. The highest BCUT2D eigenvalue weighted by Crippen LogP contribution is 2.25. The van der Waals surface area contributed by atoms with Gasteiger partial charge >= 0.3 is 0 Å². The summed E-state index contributed by atoms with van der Waals surface area (Å²) in [7, 11) is 0. The van der Waals surface area contributed by atoms with E-state index in [0.29, 0.717) is 6.04 Å². The maximum atomic E-state index is 3.66. The zero-order valence-electron chi connectivity index (χ0n) is 11.1. The van der Waals surface area contributed by atoms with E-state index in [-0.39, 0.29) is 0 Å². The molecule has 0 aliphatic heterocycles. The zero-order chi connectivity index (χ0) is 12.7. The molecule has 0 saturated heterocycles. The van der Waals surface area contributed by atoms with E-state index in [0.717, 1.165) is 12.5 Å². The maximum absolute atomic E-state index is 3.66. The van der Waals surface area contributed by atoms with Crippen molar-refractivity contribution in [1.29, 1.82) is 0 Å². The minimum absolute atomic E-state index is 0.474. The zero-order valence-corrected chi connectivity index (χ0v) is 13.5. The van der Waals surface area contributed by atoms with E-state index in [1.807, 2.05) is 11.3 Å². The summed E-state index contributed by atoms with van der Waals surface area (Å²) in [6, 6.07) is 2.69. The molecule has 17 heavy (non-hydrogen) atoms. The lowest BCUT2D eigenvalue weighted by molar-refractivity contribution is 0.400. The third-order valence-corrected chi connectivity index (χ3v) is 5.15. The number of rotatable bonds is 8. The molecule has 1 rings (SSSR count). The number of thiophene rings is 1. The normalized spacial score (nSPS) is 14.8. The van der Waals surface area contributed by atoms with Crippen LogP contribution in [0.15, 0.2) is 15.9 Å². The smallest absolute Gasteiger partial charge is 0.0386 e. The van der Waals surface area contributed by atoms with Gasteiger partial charge in [0.2, 0.25) is 0 Å². The van der Waals surface area contributed by atoms with Gasteiger partial charge in [0, 0.05) is 20.8 Å². The van der Waals surface area contributed by atoms with Gasteiger partial charge < -0.3 is 5.32 Å². The first-order valence-corrected chi connectivity index (χ1v) is 8.31. The molecule has 1 N–H and O–H groups in total. The lowest BCUT2D eigenvalue weighted by Gasteiger charge is -2.18. The third-order valence-electron chi connectivity index (χ3n) is 3.27. The second-order valence-electron chi connectivity index (χ2n) is 4.71. The Hall–Kier alpha value is 0.140. The Bertz CT molecular complexity index is 311. The van der Waals surface area contributed by atoms with Crippen LogP contribution in [0.2, 0.25) is 0 Å². The van der Waals surface area contributed by atoms with Crippen LogP contribution >= 0.6 is 27.3 Å². The van der Waals surface area contributed by atoms with Gasteiger partial charge in [-0.3, -0.25) is 0 Å². The van der Waals surface area contributed by atoms with Gasteiger partial charge in [0.25, 0.3) is 0 Å². The standard InChI is InChI=1S/C14H24BrNS/c1-4-6-7-12(5-2)9-16-11(3)14-8-13(15)10-17-14/h8,10-12,16H,4-7,9H2,1-3H3. The van der Waals surface area contributed by atoms with Gasteiger partial charge in [0.1, 0.15) is 0 Å². The molecule has 0 aromatic carbocycles. The molecule has 2 unspecified atom stereocenters. The Labute approximate surface area is 118 Å². The van der Waals surface area contributed by atoms with Crippen molar-refractivity contribution in [2.24, 2.45) is 5.92 Å². The minimum Gasteiger partial charge on any atom is -0.309 e. The highest BCUT2D eigenvalue weighted by Gasteiger charge is 2.10. The van der Waals surface area contributed by atoms with E-state index in [4.69, 9.17) is 0 Å². The van der Waals surface area contributed by atoms with E-state index in [1.165, 1.54) is 35.0 Å². The van der Waals surface area contributed by atoms with E-state index >= 15 is 0 Å². The van der Waals surface area contributed by atoms with Gasteiger partial charge in [-0.1, -0.05) is 33.1 Å². The molecule has 0 bridgehead atoms. The number of unbranched alkanes of at least 4 members (excludes halogenated alkanes) is 1. The molecule has 0 amide bonds. The number of hydrogen-bond acceptors (Lipinski definition) is 2. The predicted molar refractivity (Wildman–Crippen MR) is 81.7 cm³/mol. The lowest BCUT2D eigenvalue weighted by atomic mass is 9.99. The summed E-state index contributed by atoms with van der Waals surface area (Å²) in [4.78, 5) is 1.42. The van der Waals surface area contributed by atoms with E-state index in [1.54, 1.807) is 0 Å². The van der Waals surface area contributed by atoms with Crippen molar-refractivity contribution in [2.75, 3.05) is 6.54 Å². The molecule has 0 saturated carbocycles. The molecule has 0 radical (unpaired) electrons. The first-order chi connectivity index (χ1) is 8.17. The molecule has 0 spiro atoms. The van der Waals surface area contributed by atoms with Crippen LogP contribution in [0.1, 0.15) is 57.4 Å². The topological polar surface area (TPSA) is 12.0 Å². The van der Waals surface area contributed by atoms with Crippen molar-refractivity contribution in [3.8, 4) is 0 Å². The molecular formula is C14H24BrNS. The van der Waals surface area contributed by atoms with Crippen molar-refractivity contribution < 1.29 is 0 Å². The largest absolute Gasteiger partial charge is 0.309 e. The van der Waals surface area contributed by atoms with Gasteiger partial charge in [-0.05, 0) is 47.8 Å². The number of halogens is 1. The summed E-state index contributed by atoms with van der Waals surface area (Å²) < 4.78 is 1.20. The summed E-state index contributed by atoms with van der Waals surface area (Å²) in [6.07, 6.45) is 5.32. The van der Waals surface area contributed by atoms with E-state index in [2.05, 4.69) is 53.5 Å².